The van der Waals surface area contributed by atoms with Crippen LogP contribution < -0.4 is 19.5 Å². The second-order valence-corrected chi connectivity index (χ2v) is 5.55. The summed E-state index contributed by atoms with van der Waals surface area (Å²) in [7, 11) is 1.59. The van der Waals surface area contributed by atoms with Gasteiger partial charge in [0.25, 0.3) is 0 Å². The molecule has 120 valence electrons. The lowest BCUT2D eigenvalue weighted by Crippen LogP contribution is -2.23. The highest BCUT2D eigenvalue weighted by Crippen LogP contribution is 2.46. The molecule has 0 saturated heterocycles. The molecule has 7 heteroatoms. The first-order chi connectivity index (χ1) is 11.2. The maximum atomic E-state index is 12.0. The van der Waals surface area contributed by atoms with Gasteiger partial charge in [-0.3, -0.25) is 9.48 Å². The standard InChI is InChI=1S/C16H17N3O4/c1-3-19-7-11-10(6-14(20)17-16(11)18-19)9-4-12(21-2)15-13(5-9)22-8-23-15/h4-5,7,10H,3,6,8H2,1-2H3,(H,17,18,20). The van der Waals surface area contributed by atoms with E-state index in [4.69, 9.17) is 14.2 Å². The Labute approximate surface area is 133 Å². The quantitative estimate of drug-likeness (QED) is 0.939. The molecule has 1 atom stereocenters. The third-order valence-corrected chi connectivity index (χ3v) is 4.22. The molecule has 4 rings (SSSR count). The molecule has 0 aliphatic carbocycles. The van der Waals surface area contributed by atoms with Gasteiger partial charge in [0, 0.05) is 30.6 Å². The Kier molecular flexibility index (Phi) is 3.14. The minimum Gasteiger partial charge on any atom is -0.493 e. The van der Waals surface area contributed by atoms with E-state index in [2.05, 4.69) is 10.4 Å². The molecular weight excluding hydrogens is 298 g/mol. The predicted octanol–water partition coefficient (Wildman–Crippen LogP) is 2.11. The third kappa shape index (κ3) is 2.19. The first-order valence-corrected chi connectivity index (χ1v) is 7.54. The molecule has 2 aliphatic heterocycles. The molecule has 2 aliphatic rings. The molecule has 0 radical (unpaired) electrons. The number of anilines is 1. The summed E-state index contributed by atoms with van der Waals surface area (Å²) >= 11 is 0. The molecule has 7 nitrogen and oxygen atoms in total. The van der Waals surface area contributed by atoms with Crippen molar-refractivity contribution in [3.8, 4) is 17.2 Å². The average molecular weight is 315 g/mol. The number of aromatic nitrogens is 2. The maximum absolute atomic E-state index is 12.0. The second-order valence-electron chi connectivity index (χ2n) is 5.55. The molecule has 0 fully saturated rings. The van der Waals surface area contributed by atoms with Crippen molar-refractivity contribution in [2.24, 2.45) is 0 Å². The Balaban J connectivity index is 1.82. The fourth-order valence-electron chi connectivity index (χ4n) is 3.08. The van der Waals surface area contributed by atoms with Crippen molar-refractivity contribution in [2.75, 3.05) is 19.2 Å². The van der Waals surface area contributed by atoms with Crippen LogP contribution in [-0.2, 0) is 11.3 Å². The fourth-order valence-corrected chi connectivity index (χ4v) is 3.08. The first-order valence-electron chi connectivity index (χ1n) is 7.54. The lowest BCUT2D eigenvalue weighted by molar-refractivity contribution is -0.116. The Bertz CT molecular complexity index is 784. The number of amides is 1. The van der Waals surface area contributed by atoms with Crippen molar-refractivity contribution in [1.29, 1.82) is 0 Å². The van der Waals surface area contributed by atoms with Gasteiger partial charge in [0.15, 0.2) is 17.3 Å². The lowest BCUT2D eigenvalue weighted by Gasteiger charge is -2.22. The van der Waals surface area contributed by atoms with Crippen LogP contribution in [0.1, 0.15) is 30.4 Å². The van der Waals surface area contributed by atoms with Gasteiger partial charge in [-0.15, -0.1) is 0 Å². The largest absolute Gasteiger partial charge is 0.493 e. The van der Waals surface area contributed by atoms with Gasteiger partial charge >= 0.3 is 0 Å². The summed E-state index contributed by atoms with van der Waals surface area (Å²) in [5.74, 6) is 2.38. The van der Waals surface area contributed by atoms with Gasteiger partial charge in [-0.2, -0.15) is 5.10 Å². The Morgan fingerprint density at radius 1 is 1.43 bits per heavy atom. The molecule has 23 heavy (non-hydrogen) atoms. The lowest BCUT2D eigenvalue weighted by atomic mass is 9.87. The molecule has 0 saturated carbocycles. The number of nitrogens with zero attached hydrogens (tertiary/aromatic N) is 2. The van der Waals surface area contributed by atoms with Gasteiger partial charge in [-0.25, -0.2) is 0 Å². The Morgan fingerprint density at radius 2 is 2.30 bits per heavy atom. The van der Waals surface area contributed by atoms with E-state index in [1.165, 1.54) is 0 Å². The zero-order chi connectivity index (χ0) is 16.0. The minimum absolute atomic E-state index is 0.0412. The zero-order valence-electron chi connectivity index (χ0n) is 13.0. The summed E-state index contributed by atoms with van der Waals surface area (Å²) in [6.45, 7) is 2.94. The molecule has 1 aromatic heterocycles. The summed E-state index contributed by atoms with van der Waals surface area (Å²) < 4.78 is 18.2. The summed E-state index contributed by atoms with van der Waals surface area (Å²) in [5, 5.41) is 7.25. The van der Waals surface area contributed by atoms with Crippen LogP contribution in [-0.4, -0.2) is 29.6 Å². The number of rotatable bonds is 3. The van der Waals surface area contributed by atoms with E-state index in [1.54, 1.807) is 7.11 Å². The van der Waals surface area contributed by atoms with Gasteiger partial charge in [-0.05, 0) is 24.6 Å². The Morgan fingerprint density at radius 3 is 3.09 bits per heavy atom. The number of benzene rings is 1. The van der Waals surface area contributed by atoms with Crippen molar-refractivity contribution in [3.63, 3.8) is 0 Å². The smallest absolute Gasteiger partial charge is 0.231 e. The van der Waals surface area contributed by atoms with Crippen LogP contribution in [0.2, 0.25) is 0 Å². The van der Waals surface area contributed by atoms with Crippen LogP contribution in [0, 0.1) is 0 Å². The van der Waals surface area contributed by atoms with E-state index in [0.29, 0.717) is 29.5 Å². The molecule has 0 spiro atoms. The van der Waals surface area contributed by atoms with Gasteiger partial charge < -0.3 is 19.5 Å². The molecule has 2 aromatic rings. The number of hydrogen-bond donors (Lipinski definition) is 1. The number of methoxy groups -OCH3 is 1. The monoisotopic (exact) mass is 315 g/mol. The number of carbonyl (C=O) groups excluding carboxylic acids is 1. The molecule has 1 unspecified atom stereocenters. The van der Waals surface area contributed by atoms with Crippen LogP contribution in [0.25, 0.3) is 0 Å². The fraction of sp³-hybridized carbons (Fsp3) is 0.375. The number of carbonyl (C=O) groups is 1. The summed E-state index contributed by atoms with van der Waals surface area (Å²) in [6.07, 6.45) is 2.35. The molecule has 0 bridgehead atoms. The number of aryl methyl sites for hydroxylation is 1. The summed E-state index contributed by atoms with van der Waals surface area (Å²) in [4.78, 5) is 12.0. The minimum atomic E-state index is -0.0811. The summed E-state index contributed by atoms with van der Waals surface area (Å²) in [5.41, 5.74) is 1.96. The van der Waals surface area contributed by atoms with Crippen molar-refractivity contribution in [2.45, 2.75) is 25.8 Å². The number of fused-ring (bicyclic) bond motifs is 2. The molecule has 1 N–H and O–H groups in total. The number of hydrogen-bond acceptors (Lipinski definition) is 5. The maximum Gasteiger partial charge on any atom is 0.231 e. The number of ether oxygens (including phenoxy) is 3. The van der Waals surface area contributed by atoms with Crippen molar-refractivity contribution < 1.29 is 19.0 Å². The normalized spacial score (nSPS) is 18.5. The topological polar surface area (TPSA) is 74.6 Å². The van der Waals surface area contributed by atoms with E-state index in [-0.39, 0.29) is 18.6 Å². The van der Waals surface area contributed by atoms with Gasteiger partial charge in [0.05, 0.1) is 7.11 Å². The highest BCUT2D eigenvalue weighted by molar-refractivity contribution is 5.94. The van der Waals surface area contributed by atoms with E-state index < -0.39 is 0 Å². The van der Waals surface area contributed by atoms with Crippen LogP contribution in [0.15, 0.2) is 18.3 Å². The Hall–Kier alpha value is -2.70. The van der Waals surface area contributed by atoms with Crippen molar-refractivity contribution >= 4 is 11.7 Å². The third-order valence-electron chi connectivity index (χ3n) is 4.22. The molecule has 1 aromatic carbocycles. The SMILES string of the molecule is CCn1cc2c(n1)NC(=O)CC2c1cc(OC)c2c(c1)OCO2. The van der Waals surface area contributed by atoms with Crippen molar-refractivity contribution in [1.82, 2.24) is 9.78 Å². The first kappa shape index (κ1) is 13.9. The van der Waals surface area contributed by atoms with Crippen LogP contribution in [0.4, 0.5) is 5.82 Å². The molecule has 1 amide bonds. The van der Waals surface area contributed by atoms with E-state index in [1.807, 2.05) is 29.9 Å². The molecular formula is C16H17N3O4. The average Bonchev–Trinajstić information content (AvgIpc) is 3.18. The van der Waals surface area contributed by atoms with Gasteiger partial charge in [0.2, 0.25) is 18.4 Å². The van der Waals surface area contributed by atoms with Crippen LogP contribution in [0.3, 0.4) is 0 Å². The van der Waals surface area contributed by atoms with Gasteiger partial charge in [0.1, 0.15) is 0 Å². The molecule has 3 heterocycles. The van der Waals surface area contributed by atoms with Gasteiger partial charge in [-0.1, -0.05) is 0 Å². The second kappa shape index (κ2) is 5.19. The highest BCUT2D eigenvalue weighted by atomic mass is 16.7. The summed E-state index contributed by atoms with van der Waals surface area (Å²) in [6, 6.07) is 3.82. The zero-order valence-corrected chi connectivity index (χ0v) is 13.0. The number of nitrogens with one attached hydrogen (secondary N) is 1. The van der Waals surface area contributed by atoms with Crippen LogP contribution in [0.5, 0.6) is 17.2 Å². The van der Waals surface area contributed by atoms with E-state index >= 15 is 0 Å². The predicted molar refractivity (Wildman–Crippen MR) is 82.1 cm³/mol. The highest BCUT2D eigenvalue weighted by Gasteiger charge is 2.31. The van der Waals surface area contributed by atoms with E-state index in [0.717, 1.165) is 17.7 Å². The van der Waals surface area contributed by atoms with E-state index in [9.17, 15) is 4.79 Å². The van der Waals surface area contributed by atoms with Crippen molar-refractivity contribution in [3.05, 3.63) is 29.5 Å². The van der Waals surface area contributed by atoms with Crippen LogP contribution >= 0.6 is 0 Å².